The molecule has 1 heterocycles. The van der Waals surface area contributed by atoms with Crippen molar-refractivity contribution in [3.05, 3.63) is 107 Å². The number of hydrogen-bond acceptors (Lipinski definition) is 5. The van der Waals surface area contributed by atoms with Crippen LogP contribution in [0.3, 0.4) is 0 Å². The molecule has 3 aromatic carbocycles. The lowest BCUT2D eigenvalue weighted by Gasteiger charge is -2.29. The number of aromatic hydroxyl groups is 1. The van der Waals surface area contributed by atoms with E-state index in [-0.39, 0.29) is 23.4 Å². The summed E-state index contributed by atoms with van der Waals surface area (Å²) in [5.74, 6) is -1.93. The van der Waals surface area contributed by atoms with E-state index in [4.69, 9.17) is 0 Å². The summed E-state index contributed by atoms with van der Waals surface area (Å²) in [6.07, 6.45) is 4.69. The molecule has 5 rings (SSSR count). The first kappa shape index (κ1) is 25.0. The number of carboxylic acid groups (broad SMARTS) is 1. The van der Waals surface area contributed by atoms with Gasteiger partial charge in [0.05, 0.1) is 5.69 Å². The SMILES string of the molecule is CC(C)c1ccc(N2C(=O)C(=NNC3(C(=O)O)C=CC=C(c4ccccc4O)C3)c3cc(F)ccc32)cc1. The van der Waals surface area contributed by atoms with Crippen molar-refractivity contribution in [2.45, 2.75) is 31.7 Å². The fourth-order valence-corrected chi connectivity index (χ4v) is 4.70. The lowest BCUT2D eigenvalue weighted by Crippen LogP contribution is -2.49. The number of hydrazone groups is 1. The maximum atomic E-state index is 14.3. The highest BCUT2D eigenvalue weighted by Gasteiger charge is 2.41. The minimum atomic E-state index is -1.69. The number of benzene rings is 3. The summed E-state index contributed by atoms with van der Waals surface area (Å²) in [4.78, 5) is 27.5. The van der Waals surface area contributed by atoms with Gasteiger partial charge in [-0.1, -0.05) is 56.3 Å². The van der Waals surface area contributed by atoms with E-state index in [1.807, 2.05) is 24.3 Å². The van der Waals surface area contributed by atoms with Crippen LogP contribution in [0, 0.1) is 5.82 Å². The van der Waals surface area contributed by atoms with Crippen LogP contribution in [0.25, 0.3) is 5.57 Å². The van der Waals surface area contributed by atoms with E-state index < -0.39 is 23.2 Å². The van der Waals surface area contributed by atoms with Crippen molar-refractivity contribution in [1.82, 2.24) is 5.43 Å². The van der Waals surface area contributed by atoms with Crippen molar-refractivity contribution in [3.63, 3.8) is 0 Å². The van der Waals surface area contributed by atoms with Crippen molar-refractivity contribution in [2.75, 3.05) is 4.90 Å². The van der Waals surface area contributed by atoms with Gasteiger partial charge in [-0.15, -0.1) is 0 Å². The second-order valence-corrected chi connectivity index (χ2v) is 9.64. The third kappa shape index (κ3) is 4.34. The topological polar surface area (TPSA) is 102 Å². The number of nitrogens with one attached hydrogen (secondary N) is 1. The van der Waals surface area contributed by atoms with Gasteiger partial charge in [0, 0.05) is 23.2 Å². The summed E-state index contributed by atoms with van der Waals surface area (Å²) in [5, 5.41) is 24.7. The molecule has 0 radical (unpaired) electrons. The highest BCUT2D eigenvalue weighted by Crippen LogP contribution is 2.38. The lowest BCUT2D eigenvalue weighted by atomic mass is 9.84. The average molecular weight is 512 g/mol. The van der Waals surface area contributed by atoms with Gasteiger partial charge in [-0.25, -0.2) is 9.18 Å². The molecule has 0 fully saturated rings. The Morgan fingerprint density at radius 3 is 2.50 bits per heavy atom. The van der Waals surface area contributed by atoms with E-state index >= 15 is 0 Å². The zero-order valence-electron chi connectivity index (χ0n) is 20.9. The number of amides is 1. The van der Waals surface area contributed by atoms with Gasteiger partial charge in [0.2, 0.25) is 0 Å². The first-order valence-corrected chi connectivity index (χ1v) is 12.2. The number of carboxylic acids is 1. The monoisotopic (exact) mass is 511 g/mol. The fourth-order valence-electron chi connectivity index (χ4n) is 4.70. The van der Waals surface area contributed by atoms with Crippen LogP contribution in [0.15, 0.2) is 90.1 Å². The molecule has 38 heavy (non-hydrogen) atoms. The molecule has 8 heteroatoms. The fraction of sp³-hybridized carbons (Fsp3) is 0.167. The zero-order chi connectivity index (χ0) is 27.0. The van der Waals surface area contributed by atoms with Gasteiger partial charge in [0.25, 0.3) is 5.91 Å². The number of nitrogens with zero attached hydrogens (tertiary/aromatic N) is 2. The quantitative estimate of drug-likeness (QED) is 0.380. The van der Waals surface area contributed by atoms with Crippen LogP contribution in [0.2, 0.25) is 0 Å². The normalized spacial score (nSPS) is 19.6. The predicted molar refractivity (Wildman–Crippen MR) is 144 cm³/mol. The van der Waals surface area contributed by atoms with E-state index in [1.165, 1.54) is 35.2 Å². The molecule has 1 aliphatic carbocycles. The molecule has 0 bridgehead atoms. The number of carbonyl (C=O) groups excluding carboxylic acids is 1. The van der Waals surface area contributed by atoms with Crippen LogP contribution in [0.4, 0.5) is 15.8 Å². The third-order valence-electron chi connectivity index (χ3n) is 6.82. The molecular weight excluding hydrogens is 485 g/mol. The maximum absolute atomic E-state index is 14.3. The zero-order valence-corrected chi connectivity index (χ0v) is 20.9. The second kappa shape index (κ2) is 9.63. The number of anilines is 2. The highest BCUT2D eigenvalue weighted by atomic mass is 19.1. The largest absolute Gasteiger partial charge is 0.507 e. The molecule has 0 spiro atoms. The van der Waals surface area contributed by atoms with Crippen LogP contribution >= 0.6 is 0 Å². The van der Waals surface area contributed by atoms with Crippen LogP contribution in [-0.2, 0) is 9.59 Å². The van der Waals surface area contributed by atoms with Crippen LogP contribution < -0.4 is 10.3 Å². The van der Waals surface area contributed by atoms with E-state index in [0.29, 0.717) is 28.4 Å². The summed E-state index contributed by atoms with van der Waals surface area (Å²) >= 11 is 0. The molecule has 0 saturated carbocycles. The summed E-state index contributed by atoms with van der Waals surface area (Å²) in [5.41, 5.74) is 4.38. The molecule has 192 valence electrons. The molecule has 1 atom stereocenters. The first-order chi connectivity index (χ1) is 18.2. The standard InChI is InChI=1S/C30H26FN3O4/c1-18(2)19-9-12-22(13-10-19)34-25-14-11-21(31)16-24(25)27(28(34)36)32-33-30(29(37)38)15-5-6-20(17-30)23-7-3-4-8-26(23)35/h3-16,18,33,35H,17H2,1-2H3,(H,37,38). The number of rotatable bonds is 6. The maximum Gasteiger partial charge on any atom is 0.335 e. The molecule has 2 aliphatic rings. The van der Waals surface area contributed by atoms with Gasteiger partial charge in [-0.05, 0) is 59.5 Å². The Kier molecular flexibility index (Phi) is 6.32. The number of phenols is 1. The summed E-state index contributed by atoms with van der Waals surface area (Å²) < 4.78 is 14.3. The van der Waals surface area contributed by atoms with Gasteiger partial charge in [0.15, 0.2) is 11.3 Å². The molecule has 1 unspecified atom stereocenters. The van der Waals surface area contributed by atoms with Gasteiger partial charge in [0.1, 0.15) is 11.6 Å². The summed E-state index contributed by atoms with van der Waals surface area (Å²) in [6.45, 7) is 4.14. The Morgan fingerprint density at radius 1 is 1.08 bits per heavy atom. The molecule has 7 nitrogen and oxygen atoms in total. The number of para-hydroxylation sites is 1. The molecule has 3 aromatic rings. The van der Waals surface area contributed by atoms with Crippen molar-refractivity contribution in [2.24, 2.45) is 5.10 Å². The number of allylic oxidation sites excluding steroid dienone is 2. The Morgan fingerprint density at radius 2 is 1.82 bits per heavy atom. The number of fused-ring (bicyclic) bond motifs is 1. The van der Waals surface area contributed by atoms with E-state index in [0.717, 1.165) is 5.56 Å². The van der Waals surface area contributed by atoms with Crippen LogP contribution in [0.5, 0.6) is 5.75 Å². The average Bonchev–Trinajstić information content (AvgIpc) is 3.18. The van der Waals surface area contributed by atoms with E-state index in [9.17, 15) is 24.2 Å². The molecule has 0 saturated heterocycles. The number of phenolic OH excluding ortho intramolecular Hbond substituents is 1. The minimum absolute atomic E-state index is 0.0224. The van der Waals surface area contributed by atoms with Crippen molar-refractivity contribution in [3.8, 4) is 5.75 Å². The second-order valence-electron chi connectivity index (χ2n) is 9.64. The Labute approximate surface area is 219 Å². The molecule has 1 amide bonds. The molecular formula is C30H26FN3O4. The Bertz CT molecular complexity index is 1520. The summed E-state index contributed by atoms with van der Waals surface area (Å²) in [6, 6.07) is 18.1. The van der Waals surface area contributed by atoms with E-state index in [2.05, 4.69) is 24.4 Å². The summed E-state index contributed by atoms with van der Waals surface area (Å²) in [7, 11) is 0. The molecule has 1 aliphatic heterocycles. The molecule has 0 aromatic heterocycles. The smallest absolute Gasteiger partial charge is 0.335 e. The number of aliphatic carboxylic acids is 1. The first-order valence-electron chi connectivity index (χ1n) is 12.2. The van der Waals surface area contributed by atoms with Gasteiger partial charge in [-0.2, -0.15) is 5.10 Å². The third-order valence-corrected chi connectivity index (χ3v) is 6.82. The van der Waals surface area contributed by atoms with Gasteiger partial charge < -0.3 is 10.2 Å². The van der Waals surface area contributed by atoms with Crippen molar-refractivity contribution < 1.29 is 24.2 Å². The highest BCUT2D eigenvalue weighted by molar-refractivity contribution is 6.55. The molecule has 3 N–H and O–H groups in total. The van der Waals surface area contributed by atoms with Crippen LogP contribution in [0.1, 0.15) is 42.9 Å². The van der Waals surface area contributed by atoms with E-state index in [1.54, 1.807) is 30.4 Å². The number of carbonyl (C=O) groups is 2. The number of hydrogen-bond donors (Lipinski definition) is 3. The Hall–Kier alpha value is -4.72. The van der Waals surface area contributed by atoms with Crippen LogP contribution in [-0.4, -0.2) is 33.3 Å². The lowest BCUT2D eigenvalue weighted by molar-refractivity contribution is -0.142. The Balaban J connectivity index is 1.51. The van der Waals surface area contributed by atoms with Gasteiger partial charge >= 0.3 is 5.97 Å². The van der Waals surface area contributed by atoms with Gasteiger partial charge in [-0.3, -0.25) is 15.1 Å². The minimum Gasteiger partial charge on any atom is -0.507 e. The van der Waals surface area contributed by atoms with Crippen molar-refractivity contribution >= 4 is 34.5 Å². The van der Waals surface area contributed by atoms with Crippen molar-refractivity contribution in [1.29, 1.82) is 0 Å². The number of halogens is 1. The predicted octanol–water partition coefficient (Wildman–Crippen LogP) is 5.49.